The number of imidazole rings is 1. The molecule has 0 aliphatic heterocycles. The van der Waals surface area contributed by atoms with Crippen LogP contribution in [0, 0.1) is 0 Å². The number of fused-ring (bicyclic) bond motifs is 1. The van der Waals surface area contributed by atoms with Crippen LogP contribution in [0.25, 0.3) is 16.9 Å². The van der Waals surface area contributed by atoms with Crippen molar-refractivity contribution in [2.24, 2.45) is 0 Å². The summed E-state index contributed by atoms with van der Waals surface area (Å²) in [5.41, 5.74) is 2.42. The lowest BCUT2D eigenvalue weighted by Gasteiger charge is -2.02. The normalized spacial score (nSPS) is 10.8. The van der Waals surface area contributed by atoms with Gasteiger partial charge in [-0.05, 0) is 30.3 Å². The Morgan fingerprint density at radius 3 is 2.74 bits per heavy atom. The van der Waals surface area contributed by atoms with E-state index >= 15 is 0 Å². The molecule has 0 saturated heterocycles. The van der Waals surface area contributed by atoms with E-state index in [1.54, 1.807) is 28.8 Å². The van der Waals surface area contributed by atoms with Crippen molar-refractivity contribution in [1.29, 1.82) is 0 Å². The van der Waals surface area contributed by atoms with Gasteiger partial charge >= 0.3 is 0 Å². The quantitative estimate of drug-likeness (QED) is 0.665. The van der Waals surface area contributed by atoms with Crippen LogP contribution in [0.15, 0.2) is 42.6 Å². The number of benzene rings is 1. The number of aldehydes is 1. The Labute approximate surface area is 119 Å². The van der Waals surface area contributed by atoms with Crippen molar-refractivity contribution in [3.8, 4) is 11.3 Å². The summed E-state index contributed by atoms with van der Waals surface area (Å²) in [6.45, 7) is 0. The maximum Gasteiger partial charge on any atom is 0.169 e. The van der Waals surface area contributed by atoms with Gasteiger partial charge in [-0.15, -0.1) is 0 Å². The second-order valence-corrected chi connectivity index (χ2v) is 4.86. The summed E-state index contributed by atoms with van der Waals surface area (Å²) < 4.78 is 1.73. The molecule has 0 saturated carbocycles. The number of pyridine rings is 1. The van der Waals surface area contributed by atoms with E-state index in [9.17, 15) is 4.79 Å². The maximum absolute atomic E-state index is 11.3. The van der Waals surface area contributed by atoms with Gasteiger partial charge in [0.05, 0.1) is 5.02 Å². The van der Waals surface area contributed by atoms with Crippen LogP contribution >= 0.6 is 23.2 Å². The first-order chi connectivity index (χ1) is 9.20. The van der Waals surface area contributed by atoms with E-state index in [1.165, 1.54) is 0 Å². The molecule has 0 fully saturated rings. The van der Waals surface area contributed by atoms with Crippen molar-refractivity contribution in [1.82, 2.24) is 9.38 Å². The van der Waals surface area contributed by atoms with Gasteiger partial charge in [-0.2, -0.15) is 0 Å². The predicted molar refractivity (Wildman–Crippen MR) is 76.0 cm³/mol. The monoisotopic (exact) mass is 290 g/mol. The van der Waals surface area contributed by atoms with Gasteiger partial charge in [-0.3, -0.25) is 9.20 Å². The molecular weight excluding hydrogens is 283 g/mol. The molecule has 3 aromatic rings. The van der Waals surface area contributed by atoms with E-state index < -0.39 is 0 Å². The summed E-state index contributed by atoms with van der Waals surface area (Å²) >= 11 is 12.0. The molecule has 3 rings (SSSR count). The molecule has 0 aliphatic carbocycles. The zero-order chi connectivity index (χ0) is 13.4. The largest absolute Gasteiger partial charge is 0.297 e. The predicted octanol–water partition coefficient (Wildman–Crippen LogP) is 4.12. The molecule has 19 heavy (non-hydrogen) atoms. The zero-order valence-corrected chi connectivity index (χ0v) is 11.2. The topological polar surface area (TPSA) is 34.4 Å². The number of hydrogen-bond acceptors (Lipinski definition) is 2. The van der Waals surface area contributed by atoms with Gasteiger partial charge in [0.1, 0.15) is 17.0 Å². The summed E-state index contributed by atoms with van der Waals surface area (Å²) in [5, 5.41) is 1.02. The van der Waals surface area contributed by atoms with Gasteiger partial charge in [-0.25, -0.2) is 4.98 Å². The van der Waals surface area contributed by atoms with Crippen LogP contribution in [-0.2, 0) is 0 Å². The first-order valence-electron chi connectivity index (χ1n) is 5.58. The molecular formula is C14H8Cl2N2O. The smallest absolute Gasteiger partial charge is 0.169 e. The average Bonchev–Trinajstić information content (AvgIpc) is 2.76. The molecule has 1 aromatic carbocycles. The number of hydrogen-bond donors (Lipinski definition) is 0. The molecule has 0 spiro atoms. The molecule has 2 aromatic heterocycles. The molecule has 0 aliphatic rings. The Morgan fingerprint density at radius 2 is 2.00 bits per heavy atom. The fourth-order valence-electron chi connectivity index (χ4n) is 2.01. The third kappa shape index (κ3) is 2.01. The highest BCUT2D eigenvalue weighted by Gasteiger charge is 2.15. The Kier molecular flexibility index (Phi) is 3.01. The van der Waals surface area contributed by atoms with E-state index in [0.29, 0.717) is 32.6 Å². The highest BCUT2D eigenvalue weighted by atomic mass is 35.5. The number of carbonyl (C=O) groups is 1. The number of halogens is 2. The molecule has 94 valence electrons. The molecule has 0 atom stereocenters. The highest BCUT2D eigenvalue weighted by Crippen LogP contribution is 2.31. The van der Waals surface area contributed by atoms with Gasteiger partial charge in [0, 0.05) is 16.8 Å². The van der Waals surface area contributed by atoms with E-state index in [0.717, 1.165) is 6.29 Å². The molecule has 0 amide bonds. The van der Waals surface area contributed by atoms with Crippen molar-refractivity contribution in [2.75, 3.05) is 0 Å². The Morgan fingerprint density at radius 1 is 1.16 bits per heavy atom. The summed E-state index contributed by atoms with van der Waals surface area (Å²) in [4.78, 5) is 15.8. The second kappa shape index (κ2) is 4.68. The molecule has 0 N–H and O–H groups in total. The maximum atomic E-state index is 11.3. The van der Waals surface area contributed by atoms with E-state index in [1.807, 2.05) is 18.2 Å². The highest BCUT2D eigenvalue weighted by molar-refractivity contribution is 6.36. The van der Waals surface area contributed by atoms with E-state index in [2.05, 4.69) is 4.98 Å². The van der Waals surface area contributed by atoms with Gasteiger partial charge in [0.15, 0.2) is 6.29 Å². The first kappa shape index (κ1) is 12.2. The number of carbonyl (C=O) groups excluding carboxylic acids is 1. The summed E-state index contributed by atoms with van der Waals surface area (Å²) in [6.07, 6.45) is 2.57. The van der Waals surface area contributed by atoms with Crippen LogP contribution < -0.4 is 0 Å². The minimum Gasteiger partial charge on any atom is -0.297 e. The first-order valence-corrected chi connectivity index (χ1v) is 6.34. The summed E-state index contributed by atoms with van der Waals surface area (Å²) in [5.74, 6) is 0. The molecule has 0 radical (unpaired) electrons. The average molecular weight is 291 g/mol. The Balaban J connectivity index is 2.33. The van der Waals surface area contributed by atoms with Gasteiger partial charge in [0.25, 0.3) is 0 Å². The fourth-order valence-corrected chi connectivity index (χ4v) is 2.51. The molecule has 2 heterocycles. The molecule has 0 unspecified atom stereocenters. The van der Waals surface area contributed by atoms with Crippen LogP contribution in [0.5, 0.6) is 0 Å². The minimum absolute atomic E-state index is 0.471. The molecule has 5 heteroatoms. The summed E-state index contributed by atoms with van der Waals surface area (Å²) in [6, 6.07) is 10.7. The lowest BCUT2D eigenvalue weighted by atomic mass is 10.1. The van der Waals surface area contributed by atoms with Crippen LogP contribution in [-0.4, -0.2) is 15.7 Å². The van der Waals surface area contributed by atoms with Crippen molar-refractivity contribution in [3.63, 3.8) is 0 Å². The lowest BCUT2D eigenvalue weighted by molar-refractivity contribution is 0.111. The van der Waals surface area contributed by atoms with Crippen molar-refractivity contribution in [2.45, 2.75) is 0 Å². The zero-order valence-electron chi connectivity index (χ0n) is 9.68. The van der Waals surface area contributed by atoms with Crippen molar-refractivity contribution >= 4 is 35.1 Å². The van der Waals surface area contributed by atoms with Crippen LogP contribution in [0.2, 0.25) is 10.0 Å². The van der Waals surface area contributed by atoms with Gasteiger partial charge < -0.3 is 0 Å². The van der Waals surface area contributed by atoms with Crippen LogP contribution in [0.3, 0.4) is 0 Å². The molecule has 0 bridgehead atoms. The van der Waals surface area contributed by atoms with Gasteiger partial charge in [-0.1, -0.05) is 29.3 Å². The second-order valence-electron chi connectivity index (χ2n) is 4.02. The van der Waals surface area contributed by atoms with Gasteiger partial charge in [0.2, 0.25) is 0 Å². The van der Waals surface area contributed by atoms with E-state index in [4.69, 9.17) is 23.2 Å². The summed E-state index contributed by atoms with van der Waals surface area (Å²) in [7, 11) is 0. The standard InChI is InChI=1S/C14H8Cl2N2O/c15-9-4-5-10(11(16)7-9)14-12(8-19)18-6-2-1-3-13(18)17-14/h1-8H. The SMILES string of the molecule is O=Cc1c(-c2ccc(Cl)cc2Cl)nc2ccccn12. The lowest BCUT2D eigenvalue weighted by Crippen LogP contribution is -1.92. The van der Waals surface area contributed by atoms with Crippen molar-refractivity contribution in [3.05, 3.63) is 58.3 Å². The number of nitrogens with zero attached hydrogens (tertiary/aromatic N) is 2. The number of rotatable bonds is 2. The minimum atomic E-state index is 0.471. The fraction of sp³-hybridized carbons (Fsp3) is 0. The Hall–Kier alpha value is -1.84. The van der Waals surface area contributed by atoms with Crippen molar-refractivity contribution < 1.29 is 4.79 Å². The van der Waals surface area contributed by atoms with E-state index in [-0.39, 0.29) is 0 Å². The van der Waals surface area contributed by atoms with Crippen LogP contribution in [0.4, 0.5) is 0 Å². The third-order valence-corrected chi connectivity index (χ3v) is 3.41. The van der Waals surface area contributed by atoms with Crippen LogP contribution in [0.1, 0.15) is 10.5 Å². The third-order valence-electron chi connectivity index (χ3n) is 2.86. The molecule has 3 nitrogen and oxygen atoms in total. The number of aromatic nitrogens is 2. The Bertz CT molecular complexity index is 780.